The molecule has 17 heavy (non-hydrogen) atoms. The van der Waals surface area contributed by atoms with Crippen LogP contribution in [0.4, 0.5) is 10.8 Å². The highest BCUT2D eigenvalue weighted by Gasteiger charge is 2.16. The fourth-order valence-electron chi connectivity index (χ4n) is 1.60. The minimum atomic E-state index is 0.268. The summed E-state index contributed by atoms with van der Waals surface area (Å²) in [4.78, 5) is 0. The maximum absolute atomic E-state index is 5.75. The lowest BCUT2D eigenvalue weighted by molar-refractivity contribution is 0.182. The Morgan fingerprint density at radius 2 is 2.24 bits per heavy atom. The Bertz CT molecular complexity index is 325. The van der Waals surface area contributed by atoms with E-state index in [0.717, 1.165) is 17.8 Å². The maximum atomic E-state index is 5.75. The molecule has 98 valence electrons. The normalized spacial score (nSPS) is 12.4. The van der Waals surface area contributed by atoms with Gasteiger partial charge in [0.1, 0.15) is 0 Å². The topological polar surface area (TPSA) is 69.4 Å². The molecule has 0 spiro atoms. The first-order valence-corrected chi connectivity index (χ1v) is 6.63. The monoisotopic (exact) mass is 259 g/mol. The number of hydrogen-bond donors (Lipinski definition) is 2. The minimum absolute atomic E-state index is 0.268. The summed E-state index contributed by atoms with van der Waals surface area (Å²) in [7, 11) is 1.70. The Morgan fingerprint density at radius 3 is 2.82 bits per heavy atom. The lowest BCUT2D eigenvalue weighted by Gasteiger charge is -2.17. The number of nitrogens with two attached hydrogens (primary N) is 1. The Kier molecular flexibility index (Phi) is 6.07. The molecule has 0 radical (unpaired) electrons. The second-order valence-electron chi connectivity index (χ2n) is 3.74. The molecule has 6 heteroatoms. The predicted molar refractivity (Wildman–Crippen MR) is 71.9 cm³/mol. The van der Waals surface area contributed by atoms with Gasteiger partial charge in [0, 0.05) is 7.11 Å². The van der Waals surface area contributed by atoms with Crippen molar-refractivity contribution >= 4 is 22.4 Å². The van der Waals surface area contributed by atoms with Gasteiger partial charge in [0.2, 0.25) is 0 Å². The molecule has 1 rings (SSSR count). The van der Waals surface area contributed by atoms with Crippen molar-refractivity contribution < 1.29 is 9.47 Å². The van der Waals surface area contributed by atoms with Crippen molar-refractivity contribution in [1.29, 1.82) is 0 Å². The van der Waals surface area contributed by atoms with E-state index in [1.54, 1.807) is 7.11 Å². The van der Waals surface area contributed by atoms with Crippen LogP contribution in [0, 0.1) is 0 Å². The zero-order valence-corrected chi connectivity index (χ0v) is 11.5. The highest BCUT2D eigenvalue weighted by molar-refractivity contribution is 7.11. The van der Waals surface area contributed by atoms with Crippen LogP contribution in [0.1, 0.15) is 26.7 Å². The van der Waals surface area contributed by atoms with E-state index >= 15 is 0 Å². The number of rotatable bonds is 8. The first kappa shape index (κ1) is 14.1. The zero-order valence-electron chi connectivity index (χ0n) is 10.7. The van der Waals surface area contributed by atoms with Gasteiger partial charge in [-0.1, -0.05) is 13.3 Å². The summed E-state index contributed by atoms with van der Waals surface area (Å²) in [6.45, 7) is 5.33. The van der Waals surface area contributed by atoms with Crippen LogP contribution < -0.4 is 15.8 Å². The molecule has 3 N–H and O–H groups in total. The number of nitrogen functional groups attached to an aromatic ring is 1. The number of aromatic nitrogens is 1. The molecule has 0 bridgehead atoms. The lowest BCUT2D eigenvalue weighted by Crippen LogP contribution is -2.24. The van der Waals surface area contributed by atoms with E-state index in [1.165, 1.54) is 11.5 Å². The van der Waals surface area contributed by atoms with Crippen molar-refractivity contribution in [1.82, 2.24) is 4.37 Å². The first-order chi connectivity index (χ1) is 8.22. The van der Waals surface area contributed by atoms with Gasteiger partial charge in [-0.2, -0.15) is 4.37 Å². The quantitative estimate of drug-likeness (QED) is 0.750. The van der Waals surface area contributed by atoms with Gasteiger partial charge in [0.15, 0.2) is 16.6 Å². The summed E-state index contributed by atoms with van der Waals surface area (Å²) < 4.78 is 14.8. The van der Waals surface area contributed by atoms with Crippen molar-refractivity contribution in [2.45, 2.75) is 32.7 Å². The summed E-state index contributed by atoms with van der Waals surface area (Å²) >= 11 is 1.33. The van der Waals surface area contributed by atoms with Gasteiger partial charge >= 0.3 is 0 Å². The summed E-state index contributed by atoms with van der Waals surface area (Å²) in [5.74, 6) is 1.11. The minimum Gasteiger partial charge on any atom is -0.487 e. The van der Waals surface area contributed by atoms with Gasteiger partial charge in [-0.15, -0.1) is 0 Å². The van der Waals surface area contributed by atoms with E-state index in [-0.39, 0.29) is 6.04 Å². The van der Waals surface area contributed by atoms with E-state index in [4.69, 9.17) is 15.2 Å². The molecular weight excluding hydrogens is 238 g/mol. The number of hydrogen-bond acceptors (Lipinski definition) is 6. The van der Waals surface area contributed by atoms with Gasteiger partial charge in [0.25, 0.3) is 0 Å². The fraction of sp³-hybridized carbons (Fsp3) is 0.727. The fourth-order valence-corrected chi connectivity index (χ4v) is 2.34. The maximum Gasteiger partial charge on any atom is 0.197 e. The SMILES string of the molecule is CCCC(COC)Nc1snc(N)c1OCC. The largest absolute Gasteiger partial charge is 0.487 e. The molecule has 1 heterocycles. The van der Waals surface area contributed by atoms with Crippen molar-refractivity contribution in [3.8, 4) is 5.75 Å². The Balaban J connectivity index is 2.70. The van der Waals surface area contributed by atoms with Crippen LogP contribution in [0.2, 0.25) is 0 Å². The van der Waals surface area contributed by atoms with Crippen LogP contribution >= 0.6 is 11.5 Å². The summed E-state index contributed by atoms with van der Waals surface area (Å²) in [6.07, 6.45) is 2.14. The summed E-state index contributed by atoms with van der Waals surface area (Å²) in [6, 6.07) is 0.268. The average molecular weight is 259 g/mol. The van der Waals surface area contributed by atoms with Gasteiger partial charge in [-0.05, 0) is 24.9 Å². The molecule has 1 aromatic heterocycles. The molecule has 0 saturated heterocycles. The van der Waals surface area contributed by atoms with Crippen LogP contribution in [0.25, 0.3) is 0 Å². The van der Waals surface area contributed by atoms with E-state index in [1.807, 2.05) is 6.92 Å². The van der Waals surface area contributed by atoms with Gasteiger partial charge in [0.05, 0.1) is 19.3 Å². The van der Waals surface area contributed by atoms with Crippen molar-refractivity contribution in [3.63, 3.8) is 0 Å². The first-order valence-electron chi connectivity index (χ1n) is 5.86. The second-order valence-corrected chi connectivity index (χ2v) is 4.52. The van der Waals surface area contributed by atoms with Crippen molar-refractivity contribution in [2.75, 3.05) is 31.4 Å². The van der Waals surface area contributed by atoms with Gasteiger partial charge in [-0.25, -0.2) is 0 Å². The van der Waals surface area contributed by atoms with Crippen LogP contribution in [-0.4, -0.2) is 30.7 Å². The Morgan fingerprint density at radius 1 is 1.47 bits per heavy atom. The highest BCUT2D eigenvalue weighted by atomic mass is 32.1. The van der Waals surface area contributed by atoms with Crippen LogP contribution in [0.3, 0.4) is 0 Å². The molecule has 1 aromatic rings. The van der Waals surface area contributed by atoms with Crippen LogP contribution in [0.15, 0.2) is 0 Å². The zero-order chi connectivity index (χ0) is 12.7. The number of nitrogens with zero attached hydrogens (tertiary/aromatic N) is 1. The molecule has 0 aliphatic heterocycles. The van der Waals surface area contributed by atoms with Gasteiger partial charge < -0.3 is 20.5 Å². The third-order valence-corrected chi connectivity index (χ3v) is 3.08. The molecule has 0 fully saturated rings. The van der Waals surface area contributed by atoms with Crippen molar-refractivity contribution in [2.24, 2.45) is 0 Å². The molecule has 1 unspecified atom stereocenters. The molecule has 5 nitrogen and oxygen atoms in total. The van der Waals surface area contributed by atoms with E-state index in [9.17, 15) is 0 Å². The molecule has 0 amide bonds. The van der Waals surface area contributed by atoms with Crippen molar-refractivity contribution in [3.05, 3.63) is 0 Å². The summed E-state index contributed by atoms with van der Waals surface area (Å²) in [5.41, 5.74) is 5.75. The second kappa shape index (κ2) is 7.34. The third-order valence-electron chi connectivity index (χ3n) is 2.30. The summed E-state index contributed by atoms with van der Waals surface area (Å²) in [5, 5.41) is 4.27. The molecule has 0 aliphatic rings. The van der Waals surface area contributed by atoms with Crippen LogP contribution in [-0.2, 0) is 4.74 Å². The third kappa shape index (κ3) is 4.05. The number of anilines is 2. The smallest absolute Gasteiger partial charge is 0.197 e. The molecule has 0 aromatic carbocycles. The Hall–Kier alpha value is -1.01. The van der Waals surface area contributed by atoms with Crippen LogP contribution in [0.5, 0.6) is 5.75 Å². The Labute approximate surface area is 106 Å². The average Bonchev–Trinajstić information content (AvgIpc) is 2.63. The van der Waals surface area contributed by atoms with E-state index in [2.05, 4.69) is 16.6 Å². The molecular formula is C11H21N3O2S. The van der Waals surface area contributed by atoms with Gasteiger partial charge in [-0.3, -0.25) is 0 Å². The number of ether oxygens (including phenoxy) is 2. The number of nitrogens with one attached hydrogen (secondary N) is 1. The number of methoxy groups -OCH3 is 1. The molecule has 0 saturated carbocycles. The standard InChI is InChI=1S/C11H21N3O2S/c1-4-6-8(7-15-3)13-11-9(16-5-2)10(12)14-17-11/h8,13H,4-7H2,1-3H3,(H2,12,14). The highest BCUT2D eigenvalue weighted by Crippen LogP contribution is 2.35. The van der Waals surface area contributed by atoms with E-state index < -0.39 is 0 Å². The lowest BCUT2D eigenvalue weighted by atomic mass is 10.2. The molecule has 1 atom stereocenters. The van der Waals surface area contributed by atoms with E-state index in [0.29, 0.717) is 24.8 Å². The predicted octanol–water partition coefficient (Wildman–Crippen LogP) is 2.35. The molecule has 0 aliphatic carbocycles.